The molecule has 0 aromatic heterocycles. The number of piperidine rings is 1. The Kier molecular flexibility index (Phi) is 23.6. The van der Waals surface area contributed by atoms with E-state index < -0.39 is 0 Å². The predicted molar refractivity (Wildman–Crippen MR) is 165 cm³/mol. The van der Waals surface area contributed by atoms with Gasteiger partial charge in [0.05, 0.1) is 0 Å². The average molecular weight is 568 g/mol. The number of aliphatic hydroxyl groups is 1. The van der Waals surface area contributed by atoms with Gasteiger partial charge in [-0.1, -0.05) is 117 Å². The SMILES string of the molecule is CCCCCCCCCCCC(=O)OCC1(COC(=O)CCCCCCCCCCC)CCN(CCCO)CC1. The van der Waals surface area contributed by atoms with E-state index in [1.807, 2.05) is 0 Å². The van der Waals surface area contributed by atoms with E-state index in [0.29, 0.717) is 26.1 Å². The Morgan fingerprint density at radius 1 is 0.600 bits per heavy atom. The number of ether oxygens (including phenoxy) is 2. The second-order valence-electron chi connectivity index (χ2n) is 12.4. The Morgan fingerprint density at radius 2 is 0.975 bits per heavy atom. The van der Waals surface area contributed by atoms with Gasteiger partial charge in [0, 0.05) is 31.4 Å². The zero-order chi connectivity index (χ0) is 29.2. The molecule has 1 aliphatic heterocycles. The van der Waals surface area contributed by atoms with E-state index in [4.69, 9.17) is 9.47 Å². The fraction of sp³-hybridized carbons (Fsp3) is 0.941. The van der Waals surface area contributed by atoms with E-state index in [9.17, 15) is 14.7 Å². The summed E-state index contributed by atoms with van der Waals surface area (Å²) in [7, 11) is 0. The van der Waals surface area contributed by atoms with Crippen LogP contribution in [0.15, 0.2) is 0 Å². The fourth-order valence-electron chi connectivity index (χ4n) is 5.65. The molecule has 0 amide bonds. The van der Waals surface area contributed by atoms with Crippen LogP contribution in [-0.2, 0) is 19.1 Å². The molecule has 0 spiro atoms. The summed E-state index contributed by atoms with van der Waals surface area (Å²) in [5, 5.41) is 9.17. The smallest absolute Gasteiger partial charge is 0.305 e. The molecular formula is C34H65NO5. The van der Waals surface area contributed by atoms with Gasteiger partial charge in [-0.3, -0.25) is 9.59 Å². The van der Waals surface area contributed by atoms with Gasteiger partial charge in [-0.15, -0.1) is 0 Å². The molecule has 1 heterocycles. The monoisotopic (exact) mass is 567 g/mol. The van der Waals surface area contributed by atoms with Crippen molar-refractivity contribution < 1.29 is 24.2 Å². The largest absolute Gasteiger partial charge is 0.465 e. The van der Waals surface area contributed by atoms with Crippen LogP contribution in [0.4, 0.5) is 0 Å². The van der Waals surface area contributed by atoms with Crippen LogP contribution in [0.2, 0.25) is 0 Å². The van der Waals surface area contributed by atoms with E-state index in [0.717, 1.165) is 64.6 Å². The highest BCUT2D eigenvalue weighted by Gasteiger charge is 2.37. The number of carbonyl (C=O) groups is 2. The van der Waals surface area contributed by atoms with Crippen molar-refractivity contribution in [1.29, 1.82) is 0 Å². The first kappa shape index (κ1) is 36.9. The van der Waals surface area contributed by atoms with Crippen LogP contribution in [0.25, 0.3) is 0 Å². The van der Waals surface area contributed by atoms with Gasteiger partial charge in [-0.25, -0.2) is 0 Å². The number of esters is 2. The molecule has 236 valence electrons. The predicted octanol–water partition coefficient (Wildman–Crippen LogP) is 8.38. The Morgan fingerprint density at radius 3 is 1.35 bits per heavy atom. The first-order chi connectivity index (χ1) is 19.5. The van der Waals surface area contributed by atoms with E-state index >= 15 is 0 Å². The normalized spacial score (nSPS) is 15.3. The van der Waals surface area contributed by atoms with Crippen LogP contribution >= 0.6 is 0 Å². The molecular weight excluding hydrogens is 502 g/mol. The first-order valence-electron chi connectivity index (χ1n) is 17.2. The van der Waals surface area contributed by atoms with Crippen LogP contribution < -0.4 is 0 Å². The van der Waals surface area contributed by atoms with Gasteiger partial charge in [0.1, 0.15) is 13.2 Å². The lowest BCUT2D eigenvalue weighted by Gasteiger charge is -2.40. The van der Waals surface area contributed by atoms with Crippen LogP contribution in [-0.4, -0.2) is 61.4 Å². The lowest BCUT2D eigenvalue weighted by molar-refractivity contribution is -0.157. The molecule has 1 rings (SSSR count). The average Bonchev–Trinajstić information content (AvgIpc) is 2.97. The van der Waals surface area contributed by atoms with Crippen LogP contribution in [0, 0.1) is 5.41 Å². The minimum absolute atomic E-state index is 0.119. The molecule has 6 heteroatoms. The van der Waals surface area contributed by atoms with Gasteiger partial charge in [0.2, 0.25) is 0 Å². The fourth-order valence-corrected chi connectivity index (χ4v) is 5.65. The third-order valence-electron chi connectivity index (χ3n) is 8.60. The van der Waals surface area contributed by atoms with E-state index in [1.54, 1.807) is 0 Å². The van der Waals surface area contributed by atoms with Gasteiger partial charge in [0.15, 0.2) is 0 Å². The van der Waals surface area contributed by atoms with Crippen molar-refractivity contribution in [1.82, 2.24) is 4.90 Å². The topological polar surface area (TPSA) is 76.1 Å². The third-order valence-corrected chi connectivity index (χ3v) is 8.60. The molecule has 1 aliphatic rings. The molecule has 0 radical (unpaired) electrons. The summed E-state index contributed by atoms with van der Waals surface area (Å²) in [6.45, 7) is 8.00. The molecule has 1 N–H and O–H groups in total. The number of carbonyl (C=O) groups excluding carboxylic acids is 2. The van der Waals surface area contributed by atoms with Crippen molar-refractivity contribution in [3.63, 3.8) is 0 Å². The van der Waals surface area contributed by atoms with Gasteiger partial charge in [-0.2, -0.15) is 0 Å². The molecule has 40 heavy (non-hydrogen) atoms. The maximum Gasteiger partial charge on any atom is 0.305 e. The molecule has 0 bridgehead atoms. The summed E-state index contributed by atoms with van der Waals surface area (Å²) in [4.78, 5) is 27.4. The minimum Gasteiger partial charge on any atom is -0.465 e. The summed E-state index contributed by atoms with van der Waals surface area (Å²) in [6.07, 6.45) is 25.5. The Labute approximate surface area is 247 Å². The van der Waals surface area contributed by atoms with Crippen molar-refractivity contribution >= 4 is 11.9 Å². The van der Waals surface area contributed by atoms with Gasteiger partial charge >= 0.3 is 11.9 Å². The van der Waals surface area contributed by atoms with E-state index in [-0.39, 0.29) is 24.0 Å². The molecule has 1 fully saturated rings. The Hall–Kier alpha value is -1.14. The summed E-state index contributed by atoms with van der Waals surface area (Å²) < 4.78 is 11.6. The van der Waals surface area contributed by atoms with Crippen LogP contribution in [0.1, 0.15) is 162 Å². The highest BCUT2D eigenvalue weighted by molar-refractivity contribution is 5.69. The van der Waals surface area contributed by atoms with Crippen molar-refractivity contribution in [2.45, 2.75) is 162 Å². The Bertz CT molecular complexity index is 563. The van der Waals surface area contributed by atoms with E-state index in [1.165, 1.54) is 89.9 Å². The minimum atomic E-state index is -0.294. The molecule has 0 aromatic carbocycles. The summed E-state index contributed by atoms with van der Waals surface area (Å²) >= 11 is 0. The maximum absolute atomic E-state index is 12.5. The number of likely N-dealkylation sites (tertiary alicyclic amines) is 1. The molecule has 0 atom stereocenters. The highest BCUT2D eigenvalue weighted by atomic mass is 16.5. The second-order valence-corrected chi connectivity index (χ2v) is 12.4. The standard InChI is InChI=1S/C34H65NO5/c1-3-5-7-9-11-13-15-17-19-22-32(37)39-30-34(24-27-35(28-25-34)26-21-29-36)31-40-33(38)23-20-18-16-14-12-10-8-6-4-2/h36H,3-31H2,1-2H3. The molecule has 0 aromatic rings. The third kappa shape index (κ3) is 19.9. The first-order valence-corrected chi connectivity index (χ1v) is 17.2. The number of hydrogen-bond donors (Lipinski definition) is 1. The summed E-state index contributed by atoms with van der Waals surface area (Å²) in [6, 6.07) is 0. The second kappa shape index (κ2) is 25.6. The van der Waals surface area contributed by atoms with Crippen molar-refractivity contribution in [2.24, 2.45) is 5.41 Å². The van der Waals surface area contributed by atoms with Gasteiger partial charge < -0.3 is 19.5 Å². The van der Waals surface area contributed by atoms with Crippen LogP contribution in [0.5, 0.6) is 0 Å². The van der Waals surface area contributed by atoms with Crippen molar-refractivity contribution in [3.05, 3.63) is 0 Å². The van der Waals surface area contributed by atoms with Crippen LogP contribution in [0.3, 0.4) is 0 Å². The maximum atomic E-state index is 12.5. The number of unbranched alkanes of at least 4 members (excludes halogenated alkanes) is 16. The zero-order valence-corrected chi connectivity index (χ0v) is 26.5. The lowest BCUT2D eigenvalue weighted by Crippen LogP contribution is -2.46. The zero-order valence-electron chi connectivity index (χ0n) is 26.5. The van der Waals surface area contributed by atoms with Gasteiger partial charge in [-0.05, 0) is 45.2 Å². The molecule has 1 saturated heterocycles. The number of hydrogen-bond acceptors (Lipinski definition) is 6. The number of nitrogens with zero attached hydrogens (tertiary/aromatic N) is 1. The van der Waals surface area contributed by atoms with Gasteiger partial charge in [0.25, 0.3) is 0 Å². The molecule has 6 nitrogen and oxygen atoms in total. The molecule has 0 aliphatic carbocycles. The Balaban J connectivity index is 2.32. The molecule has 0 saturated carbocycles. The summed E-state index contributed by atoms with van der Waals surface area (Å²) in [5.74, 6) is -0.239. The van der Waals surface area contributed by atoms with Crippen molar-refractivity contribution in [2.75, 3.05) is 39.5 Å². The molecule has 0 unspecified atom stereocenters. The highest BCUT2D eigenvalue weighted by Crippen LogP contribution is 2.33. The number of aliphatic hydroxyl groups excluding tert-OH is 1. The summed E-state index contributed by atoms with van der Waals surface area (Å²) in [5.41, 5.74) is -0.294. The quantitative estimate of drug-likeness (QED) is 0.0793. The number of rotatable bonds is 27. The lowest BCUT2D eigenvalue weighted by atomic mass is 9.79. The van der Waals surface area contributed by atoms with E-state index in [2.05, 4.69) is 18.7 Å². The van der Waals surface area contributed by atoms with Crippen molar-refractivity contribution in [3.8, 4) is 0 Å².